The molecule has 0 saturated carbocycles. The summed E-state index contributed by atoms with van der Waals surface area (Å²) in [5.74, 6) is 0.775. The first-order valence-electron chi connectivity index (χ1n) is 9.82. The Kier molecular flexibility index (Phi) is 7.60. The molecule has 0 bridgehead atoms. The summed E-state index contributed by atoms with van der Waals surface area (Å²) >= 11 is 0. The topological polar surface area (TPSA) is 52.6 Å². The molecule has 4 nitrogen and oxygen atoms in total. The number of benzene rings is 2. The van der Waals surface area contributed by atoms with Crippen LogP contribution >= 0.6 is 7.80 Å². The lowest BCUT2D eigenvalue weighted by Crippen LogP contribution is -2.29. The zero-order valence-electron chi connectivity index (χ0n) is 18.3. The van der Waals surface area contributed by atoms with Gasteiger partial charge in [0.05, 0.1) is 14.2 Å². The number of rotatable bonds is 9. The smallest absolute Gasteiger partial charge is 0.421 e. The molecule has 2 aromatic carbocycles. The molecule has 2 rings (SSSR count). The Hall–Kier alpha value is -2.19. The number of methoxy groups -OCH3 is 2. The van der Waals surface area contributed by atoms with E-state index < -0.39 is 13.3 Å². The van der Waals surface area contributed by atoms with Gasteiger partial charge in [-0.3, -0.25) is 0 Å². The van der Waals surface area contributed by atoms with E-state index in [4.69, 9.17) is 9.47 Å². The molecule has 0 spiro atoms. The second-order valence-corrected chi connectivity index (χ2v) is 10.6. The molecule has 0 fully saturated rings. The van der Waals surface area contributed by atoms with Gasteiger partial charge in [-0.2, -0.15) is 0 Å². The molecule has 2 unspecified atom stereocenters. The molecule has 0 amide bonds. The maximum absolute atomic E-state index is 13.3. The second kappa shape index (κ2) is 9.54. The predicted molar refractivity (Wildman–Crippen MR) is 119 cm³/mol. The second-order valence-electron chi connectivity index (χ2n) is 9.09. The van der Waals surface area contributed by atoms with E-state index in [0.29, 0.717) is 17.7 Å². The van der Waals surface area contributed by atoms with Gasteiger partial charge in [0.2, 0.25) is 0 Å². The summed E-state index contributed by atoms with van der Waals surface area (Å²) in [5, 5.41) is 0. The van der Waals surface area contributed by atoms with Gasteiger partial charge in [0.15, 0.2) is 11.7 Å². The highest BCUT2D eigenvalue weighted by Crippen LogP contribution is 2.46. The Labute approximate surface area is 175 Å². The highest BCUT2D eigenvalue weighted by Gasteiger charge is 2.43. The molecule has 0 aliphatic heterocycles. The average Bonchev–Trinajstić information content (AvgIpc) is 2.65. The van der Waals surface area contributed by atoms with Gasteiger partial charge in [-0.25, -0.2) is 4.79 Å². The third kappa shape index (κ3) is 6.40. The fourth-order valence-electron chi connectivity index (χ4n) is 4.15. The van der Waals surface area contributed by atoms with Crippen molar-refractivity contribution < 1.29 is 18.8 Å². The predicted octanol–water partition coefficient (Wildman–Crippen LogP) is 6.36. The van der Waals surface area contributed by atoms with Gasteiger partial charge in [0.25, 0.3) is 0 Å². The van der Waals surface area contributed by atoms with Gasteiger partial charge in [-0.15, -0.1) is 0 Å². The van der Waals surface area contributed by atoms with Crippen molar-refractivity contribution in [2.45, 2.75) is 40.5 Å². The summed E-state index contributed by atoms with van der Waals surface area (Å²) in [4.78, 5) is 13.2. The summed E-state index contributed by atoms with van der Waals surface area (Å²) < 4.78 is 23.9. The standard InChI is InChI=1S/C24H32O4P/c1-23(2,3)16-24(4,15-18-11-8-7-9-12-18)17-29(26)22(25)21-19(27-5)13-10-14-20(21)28-6/h7-14H,15-17H2,1-6H3/q+1. The maximum Gasteiger partial charge on any atom is 0.421 e. The lowest BCUT2D eigenvalue weighted by atomic mass is 9.73. The van der Waals surface area contributed by atoms with Crippen molar-refractivity contribution >= 4 is 13.3 Å². The zero-order valence-corrected chi connectivity index (χ0v) is 19.2. The Morgan fingerprint density at radius 1 is 0.897 bits per heavy atom. The summed E-state index contributed by atoms with van der Waals surface area (Å²) in [7, 11) is 0.848. The Bertz CT molecular complexity index is 833. The first-order valence-corrected chi connectivity index (χ1v) is 11.3. The van der Waals surface area contributed by atoms with Crippen LogP contribution in [0.25, 0.3) is 0 Å². The normalized spacial score (nSPS) is 14.1. The molecule has 2 atom stereocenters. The minimum absolute atomic E-state index is 0.0465. The van der Waals surface area contributed by atoms with Crippen molar-refractivity contribution in [2.75, 3.05) is 20.4 Å². The van der Waals surface area contributed by atoms with E-state index in [0.717, 1.165) is 12.8 Å². The van der Waals surface area contributed by atoms with E-state index in [2.05, 4.69) is 39.8 Å². The van der Waals surface area contributed by atoms with Crippen LogP contribution in [0.2, 0.25) is 0 Å². The van der Waals surface area contributed by atoms with E-state index in [1.54, 1.807) is 18.2 Å². The van der Waals surface area contributed by atoms with Crippen LogP contribution in [-0.2, 0) is 11.0 Å². The van der Waals surface area contributed by atoms with Crippen LogP contribution in [0.4, 0.5) is 0 Å². The van der Waals surface area contributed by atoms with Crippen molar-refractivity contribution in [1.29, 1.82) is 0 Å². The van der Waals surface area contributed by atoms with Gasteiger partial charge in [0, 0.05) is 5.41 Å². The number of ether oxygens (including phenoxy) is 2. The molecular weight excluding hydrogens is 383 g/mol. The van der Waals surface area contributed by atoms with Crippen LogP contribution in [0.1, 0.15) is 50.0 Å². The molecule has 0 saturated heterocycles. The Morgan fingerprint density at radius 3 is 1.93 bits per heavy atom. The van der Waals surface area contributed by atoms with E-state index in [1.165, 1.54) is 19.8 Å². The van der Waals surface area contributed by atoms with E-state index >= 15 is 0 Å². The minimum atomic E-state index is -2.15. The lowest BCUT2D eigenvalue weighted by molar-refractivity contribution is 0.106. The van der Waals surface area contributed by atoms with Crippen LogP contribution < -0.4 is 9.47 Å². The van der Waals surface area contributed by atoms with Crippen LogP contribution in [0.5, 0.6) is 11.5 Å². The minimum Gasteiger partial charge on any atom is -0.496 e. The van der Waals surface area contributed by atoms with Crippen molar-refractivity contribution in [3.63, 3.8) is 0 Å². The van der Waals surface area contributed by atoms with Gasteiger partial charge < -0.3 is 9.47 Å². The molecule has 156 valence electrons. The SMILES string of the molecule is COc1cccc(OC)c1C(=O)[P+](=O)CC(C)(Cc1ccccc1)CC(C)(C)C. The molecule has 0 radical (unpaired) electrons. The van der Waals surface area contributed by atoms with Crippen molar-refractivity contribution in [3.05, 3.63) is 59.7 Å². The molecule has 0 aliphatic carbocycles. The quantitative estimate of drug-likeness (QED) is 0.447. The average molecular weight is 415 g/mol. The van der Waals surface area contributed by atoms with Crippen LogP contribution in [-0.4, -0.2) is 25.9 Å². The third-order valence-corrected chi connectivity index (χ3v) is 6.55. The molecule has 2 aromatic rings. The lowest BCUT2D eigenvalue weighted by Gasteiger charge is -2.32. The molecular formula is C24H32O4P+. The highest BCUT2D eigenvalue weighted by atomic mass is 31.1. The maximum atomic E-state index is 13.3. The van der Waals surface area contributed by atoms with Gasteiger partial charge in [0.1, 0.15) is 11.5 Å². The molecule has 0 N–H and O–H groups in total. The number of carbonyl (C=O) groups excluding carboxylic acids is 1. The van der Waals surface area contributed by atoms with Crippen LogP contribution in [0.15, 0.2) is 48.5 Å². The molecule has 5 heteroatoms. The number of hydrogen-bond donors (Lipinski definition) is 0. The fourth-order valence-corrected chi connectivity index (χ4v) is 5.68. The fraction of sp³-hybridized carbons (Fsp3) is 0.458. The summed E-state index contributed by atoms with van der Waals surface area (Å²) in [6.45, 7) is 8.66. The third-order valence-electron chi connectivity index (χ3n) is 4.82. The first-order chi connectivity index (χ1) is 13.6. The van der Waals surface area contributed by atoms with Gasteiger partial charge >= 0.3 is 13.3 Å². The van der Waals surface area contributed by atoms with E-state index in [-0.39, 0.29) is 16.4 Å². The van der Waals surface area contributed by atoms with Gasteiger partial charge in [-0.05, 0) is 36.0 Å². The number of carbonyl (C=O) groups is 1. The van der Waals surface area contributed by atoms with Gasteiger partial charge in [-0.1, -0.05) is 68.7 Å². The first kappa shape index (κ1) is 23.1. The Morgan fingerprint density at radius 2 is 1.45 bits per heavy atom. The number of hydrogen-bond acceptors (Lipinski definition) is 4. The van der Waals surface area contributed by atoms with Crippen molar-refractivity contribution in [2.24, 2.45) is 10.8 Å². The van der Waals surface area contributed by atoms with Crippen molar-refractivity contribution in [3.8, 4) is 11.5 Å². The molecule has 0 aromatic heterocycles. The Balaban J connectivity index is 2.33. The monoisotopic (exact) mass is 415 g/mol. The largest absolute Gasteiger partial charge is 0.496 e. The van der Waals surface area contributed by atoms with Crippen LogP contribution in [0, 0.1) is 10.8 Å². The highest BCUT2D eigenvalue weighted by molar-refractivity contribution is 7.64. The van der Waals surface area contributed by atoms with Crippen molar-refractivity contribution in [1.82, 2.24) is 0 Å². The summed E-state index contributed by atoms with van der Waals surface area (Å²) in [5.41, 5.74) is 0.798. The van der Waals surface area contributed by atoms with E-state index in [1.807, 2.05) is 18.2 Å². The summed E-state index contributed by atoms with van der Waals surface area (Å²) in [6, 6.07) is 15.3. The summed E-state index contributed by atoms with van der Waals surface area (Å²) in [6.07, 6.45) is 1.93. The zero-order chi connectivity index (χ0) is 21.7. The van der Waals surface area contributed by atoms with E-state index in [9.17, 15) is 9.36 Å². The van der Waals surface area contributed by atoms with Crippen LogP contribution in [0.3, 0.4) is 0 Å². The molecule has 0 heterocycles. The molecule has 0 aliphatic rings. The molecule has 29 heavy (non-hydrogen) atoms.